The first-order valence-electron chi connectivity index (χ1n) is 2.45. The number of rotatable bonds is 2. The first-order chi connectivity index (χ1) is 3.06. The molecule has 0 unspecified atom stereocenters. The first-order valence-corrected chi connectivity index (χ1v) is 9.40. The number of hydrogen-bond donors (Lipinski definition) is 0. The minimum absolute atomic E-state index is 0.135. The van der Waals surface area contributed by atoms with E-state index in [-0.39, 0.29) is 6.61 Å². The maximum atomic E-state index is 9.99. The van der Waals surface area contributed by atoms with Gasteiger partial charge in [-0.1, -0.05) is 0 Å². The fraction of sp³-hybridized carbons (Fsp3) is 1.00. The van der Waals surface area contributed by atoms with Gasteiger partial charge in [0.15, 0.2) is 0 Å². The van der Waals surface area contributed by atoms with E-state index >= 15 is 0 Å². The molecule has 0 bridgehead atoms. The van der Waals surface area contributed by atoms with Crippen molar-refractivity contribution >= 4 is 13.6 Å². The summed E-state index contributed by atoms with van der Waals surface area (Å²) in [6.07, 6.45) is 0. The summed E-state index contributed by atoms with van der Waals surface area (Å²) in [5.74, 6) is 0. The molecule has 0 fully saturated rings. The summed E-state index contributed by atoms with van der Waals surface area (Å²) in [7, 11) is 0. The molecule has 44 valence electrons. The van der Waals surface area contributed by atoms with Gasteiger partial charge >= 0.3 is 47.6 Å². The Morgan fingerprint density at radius 2 is 1.71 bits per heavy atom. The topological polar surface area (TPSA) is 23.1 Å². The van der Waals surface area contributed by atoms with Crippen molar-refractivity contribution in [2.24, 2.45) is 0 Å². The molecule has 0 saturated heterocycles. The van der Waals surface area contributed by atoms with Gasteiger partial charge in [-0.05, 0) is 0 Å². The van der Waals surface area contributed by atoms with Crippen LogP contribution in [-0.4, -0.2) is 20.2 Å². The molecule has 7 heavy (non-hydrogen) atoms. The third-order valence-corrected chi connectivity index (χ3v) is 3.96. The SMILES string of the molecule is C[As+](C)(C)CC[O-]. The standard InChI is InChI=1S/C5H13AsO/c1-6(2,3)4-5-7/h4-5H2,1-3H3. The zero-order valence-corrected chi connectivity index (χ0v) is 7.15. The van der Waals surface area contributed by atoms with Gasteiger partial charge in [0.05, 0.1) is 0 Å². The molecule has 0 spiro atoms. The third-order valence-electron chi connectivity index (χ3n) is 0.762. The van der Waals surface area contributed by atoms with E-state index in [1.165, 1.54) is 0 Å². The molecular weight excluding hydrogens is 151 g/mol. The molecule has 0 aromatic heterocycles. The molecule has 0 aliphatic heterocycles. The van der Waals surface area contributed by atoms with Gasteiger partial charge in [0.1, 0.15) is 0 Å². The second kappa shape index (κ2) is 2.74. The van der Waals surface area contributed by atoms with Crippen molar-refractivity contribution in [1.82, 2.24) is 0 Å². The fourth-order valence-corrected chi connectivity index (χ4v) is 1.42. The molecular formula is C5H13AsO. The summed E-state index contributed by atoms with van der Waals surface area (Å²) < 4.78 is 0. The van der Waals surface area contributed by atoms with Crippen molar-refractivity contribution in [3.63, 3.8) is 0 Å². The van der Waals surface area contributed by atoms with Crippen LogP contribution in [0.5, 0.6) is 0 Å². The second-order valence-corrected chi connectivity index (χ2v) is 13.3. The molecule has 0 aromatic carbocycles. The van der Waals surface area contributed by atoms with Gasteiger partial charge in [-0.25, -0.2) is 0 Å². The van der Waals surface area contributed by atoms with Crippen LogP contribution in [0.4, 0.5) is 0 Å². The Kier molecular flexibility index (Phi) is 2.94. The Balaban J connectivity index is 3.15. The Labute approximate surface area is 48.2 Å². The van der Waals surface area contributed by atoms with Crippen LogP contribution in [0.1, 0.15) is 0 Å². The van der Waals surface area contributed by atoms with E-state index in [0.717, 1.165) is 5.21 Å². The van der Waals surface area contributed by atoms with Crippen molar-refractivity contribution in [3.05, 3.63) is 0 Å². The zero-order valence-electron chi connectivity index (χ0n) is 5.27. The second-order valence-electron chi connectivity index (χ2n) is 2.72. The minimum atomic E-state index is -1.26. The summed E-state index contributed by atoms with van der Waals surface area (Å²) in [6, 6.07) is 0. The average molecular weight is 164 g/mol. The van der Waals surface area contributed by atoms with E-state index in [1.807, 2.05) is 0 Å². The van der Waals surface area contributed by atoms with Crippen molar-refractivity contribution < 1.29 is 5.11 Å². The first kappa shape index (κ1) is 7.52. The molecule has 0 aliphatic carbocycles. The molecule has 2 heteroatoms. The van der Waals surface area contributed by atoms with Crippen molar-refractivity contribution in [2.75, 3.05) is 6.61 Å². The monoisotopic (exact) mass is 164 g/mol. The van der Waals surface area contributed by atoms with E-state index < -0.39 is 13.6 Å². The molecule has 0 N–H and O–H groups in total. The zero-order chi connectivity index (χ0) is 5.91. The van der Waals surface area contributed by atoms with Crippen LogP contribution in [0.2, 0.25) is 22.3 Å². The van der Waals surface area contributed by atoms with Crippen LogP contribution in [0.25, 0.3) is 0 Å². The van der Waals surface area contributed by atoms with Gasteiger partial charge in [-0.2, -0.15) is 0 Å². The van der Waals surface area contributed by atoms with Crippen LogP contribution >= 0.6 is 0 Å². The van der Waals surface area contributed by atoms with Crippen LogP contribution < -0.4 is 5.11 Å². The third kappa shape index (κ3) is 6.52. The molecule has 0 amide bonds. The normalized spacial score (nSPS) is 12.0. The summed E-state index contributed by atoms with van der Waals surface area (Å²) in [5.41, 5.74) is 6.74. The summed E-state index contributed by atoms with van der Waals surface area (Å²) in [5, 5.41) is 10.9. The molecule has 0 rings (SSSR count). The summed E-state index contributed by atoms with van der Waals surface area (Å²) in [4.78, 5) is 0. The summed E-state index contributed by atoms with van der Waals surface area (Å²) >= 11 is -1.26. The van der Waals surface area contributed by atoms with Crippen LogP contribution in [0.15, 0.2) is 0 Å². The Morgan fingerprint density at radius 1 is 1.29 bits per heavy atom. The van der Waals surface area contributed by atoms with Crippen molar-refractivity contribution in [1.29, 1.82) is 0 Å². The van der Waals surface area contributed by atoms with E-state index in [1.54, 1.807) is 0 Å². The molecule has 0 atom stereocenters. The van der Waals surface area contributed by atoms with Gasteiger partial charge in [-0.3, -0.25) is 0 Å². The predicted molar refractivity (Wildman–Crippen MR) is 33.0 cm³/mol. The van der Waals surface area contributed by atoms with Crippen molar-refractivity contribution in [2.45, 2.75) is 22.3 Å². The molecule has 0 radical (unpaired) electrons. The van der Waals surface area contributed by atoms with Crippen molar-refractivity contribution in [3.8, 4) is 0 Å². The van der Waals surface area contributed by atoms with E-state index in [0.29, 0.717) is 0 Å². The Morgan fingerprint density at radius 3 is 1.71 bits per heavy atom. The molecule has 0 heterocycles. The van der Waals surface area contributed by atoms with Gasteiger partial charge in [0.25, 0.3) is 0 Å². The van der Waals surface area contributed by atoms with E-state index in [2.05, 4.69) is 17.1 Å². The van der Waals surface area contributed by atoms with Crippen LogP contribution in [-0.2, 0) is 0 Å². The summed E-state index contributed by atoms with van der Waals surface area (Å²) in [6.45, 7) is 0.135. The molecule has 0 aromatic rings. The van der Waals surface area contributed by atoms with Gasteiger partial charge < -0.3 is 0 Å². The number of hydrogen-bond acceptors (Lipinski definition) is 1. The van der Waals surface area contributed by atoms with Crippen LogP contribution in [0.3, 0.4) is 0 Å². The molecule has 1 nitrogen and oxygen atoms in total. The Bertz CT molecular complexity index is 46.5. The average Bonchev–Trinajstić information content (AvgIpc) is 1.30. The van der Waals surface area contributed by atoms with E-state index in [4.69, 9.17) is 0 Å². The molecule has 0 aliphatic rings. The fourth-order valence-electron chi connectivity index (χ4n) is 0.274. The quantitative estimate of drug-likeness (QED) is 0.550. The van der Waals surface area contributed by atoms with Gasteiger partial charge in [0.2, 0.25) is 0 Å². The van der Waals surface area contributed by atoms with E-state index in [9.17, 15) is 5.11 Å². The molecule has 0 saturated carbocycles. The maximum absolute atomic E-state index is 9.99. The van der Waals surface area contributed by atoms with Gasteiger partial charge in [-0.15, -0.1) is 0 Å². The van der Waals surface area contributed by atoms with Crippen LogP contribution in [0, 0.1) is 0 Å². The predicted octanol–water partition coefficient (Wildman–Crippen LogP) is 0.685. The Hall–Kier alpha value is 0.518. The van der Waals surface area contributed by atoms with Gasteiger partial charge in [0, 0.05) is 0 Å².